The number of aliphatic hydroxyl groups excluding tert-OH is 4. The zero-order valence-electron chi connectivity index (χ0n) is 12.2. The monoisotopic (exact) mass is 306 g/mol. The molecule has 0 amide bonds. The molecule has 0 aromatic rings. The first-order chi connectivity index (χ1) is 10.1. The Morgan fingerprint density at radius 1 is 0.667 bits per heavy atom. The van der Waals surface area contributed by atoms with Gasteiger partial charge in [0.1, 0.15) is 13.2 Å². The van der Waals surface area contributed by atoms with Gasteiger partial charge in [-0.05, 0) is 0 Å². The van der Waals surface area contributed by atoms with Crippen LogP contribution in [0.2, 0.25) is 0 Å². The number of ether oxygens (including phenoxy) is 3. The van der Waals surface area contributed by atoms with E-state index in [0.717, 1.165) is 0 Å². The Morgan fingerprint density at radius 2 is 1.05 bits per heavy atom. The molecule has 0 aliphatic heterocycles. The molecule has 0 aromatic heterocycles. The summed E-state index contributed by atoms with van der Waals surface area (Å²) in [5.41, 5.74) is -1.96. The highest BCUT2D eigenvalue weighted by Crippen LogP contribution is 2.22. The van der Waals surface area contributed by atoms with Crippen molar-refractivity contribution >= 4 is 0 Å². The van der Waals surface area contributed by atoms with Crippen LogP contribution in [-0.4, -0.2) is 73.3 Å². The van der Waals surface area contributed by atoms with Gasteiger partial charge in [-0.25, -0.2) is 0 Å². The first-order valence-electron chi connectivity index (χ1n) is 6.54. The van der Waals surface area contributed by atoms with E-state index in [1.54, 1.807) is 0 Å². The predicted octanol–water partition coefficient (Wildman–Crippen LogP) is -0.735. The van der Waals surface area contributed by atoms with Crippen molar-refractivity contribution in [3.05, 3.63) is 25.7 Å². The summed E-state index contributed by atoms with van der Waals surface area (Å²) in [6.07, 6.45) is 2.50. The molecular weight excluding hydrogens is 280 g/mol. The number of rotatable bonds is 14. The van der Waals surface area contributed by atoms with Crippen molar-refractivity contribution in [2.45, 2.75) is 0 Å². The smallest absolute Gasteiger partial charge is 0.101 e. The highest BCUT2D eigenvalue weighted by molar-refractivity contribution is 4.82. The van der Waals surface area contributed by atoms with Crippen LogP contribution in [0.4, 0.5) is 0 Å². The zero-order valence-corrected chi connectivity index (χ0v) is 12.2. The molecule has 0 aliphatic rings. The lowest BCUT2D eigenvalue weighted by molar-refractivity contribution is -0.105. The lowest BCUT2D eigenvalue weighted by atomic mass is 9.90. The Bertz CT molecular complexity index is 269. The van der Waals surface area contributed by atoms with Crippen LogP contribution in [0.25, 0.3) is 0 Å². The van der Waals surface area contributed by atoms with Gasteiger partial charge in [0.2, 0.25) is 0 Å². The molecule has 0 spiro atoms. The molecule has 0 atom stereocenters. The summed E-state index contributed by atoms with van der Waals surface area (Å²) >= 11 is 0. The van der Waals surface area contributed by atoms with Crippen molar-refractivity contribution in [2.75, 3.05) is 52.9 Å². The molecular formula is C14H26O7. The second-order valence-corrected chi connectivity index (χ2v) is 5.08. The van der Waals surface area contributed by atoms with E-state index in [2.05, 4.69) is 13.2 Å². The van der Waals surface area contributed by atoms with Crippen LogP contribution in [0, 0.1) is 10.8 Å². The minimum absolute atomic E-state index is 0.0485. The maximum Gasteiger partial charge on any atom is 0.101 e. The van der Waals surface area contributed by atoms with Gasteiger partial charge in [-0.2, -0.15) is 0 Å². The fraction of sp³-hybridized carbons (Fsp3) is 0.714. The largest absolute Gasteiger partial charge is 0.501 e. The fourth-order valence-corrected chi connectivity index (χ4v) is 1.50. The predicted molar refractivity (Wildman–Crippen MR) is 76.3 cm³/mol. The second-order valence-electron chi connectivity index (χ2n) is 5.08. The third-order valence-corrected chi connectivity index (χ3v) is 3.17. The Balaban J connectivity index is 4.64. The number of hydrogen-bond acceptors (Lipinski definition) is 7. The van der Waals surface area contributed by atoms with E-state index >= 15 is 0 Å². The Labute approximate surface area is 125 Å². The first kappa shape index (κ1) is 19.9. The topological polar surface area (TPSA) is 109 Å². The van der Waals surface area contributed by atoms with Crippen molar-refractivity contribution in [3.63, 3.8) is 0 Å². The summed E-state index contributed by atoms with van der Waals surface area (Å²) in [7, 11) is 0. The highest BCUT2D eigenvalue weighted by atomic mass is 16.5. The van der Waals surface area contributed by atoms with Gasteiger partial charge in [0.05, 0.1) is 63.0 Å². The van der Waals surface area contributed by atoms with E-state index in [-0.39, 0.29) is 33.0 Å². The van der Waals surface area contributed by atoms with Crippen LogP contribution >= 0.6 is 0 Å². The molecule has 4 N–H and O–H groups in total. The first-order valence-corrected chi connectivity index (χ1v) is 6.54. The zero-order chi connectivity index (χ0) is 16.2. The van der Waals surface area contributed by atoms with E-state index < -0.39 is 30.7 Å². The summed E-state index contributed by atoms with van der Waals surface area (Å²) in [5.74, 6) is 0. The van der Waals surface area contributed by atoms with Gasteiger partial charge in [0.25, 0.3) is 0 Å². The van der Waals surface area contributed by atoms with Crippen molar-refractivity contribution in [1.82, 2.24) is 0 Å². The summed E-state index contributed by atoms with van der Waals surface area (Å²) < 4.78 is 15.7. The third kappa shape index (κ3) is 6.45. The summed E-state index contributed by atoms with van der Waals surface area (Å²) in [6.45, 7) is 5.56. The van der Waals surface area contributed by atoms with Gasteiger partial charge in [0, 0.05) is 0 Å². The normalized spacial score (nSPS) is 12.0. The molecule has 124 valence electrons. The van der Waals surface area contributed by atoms with Gasteiger partial charge >= 0.3 is 0 Å². The molecule has 0 heterocycles. The molecule has 0 rings (SSSR count). The lowest BCUT2D eigenvalue weighted by Crippen LogP contribution is -2.43. The van der Waals surface area contributed by atoms with Crippen LogP contribution in [0.15, 0.2) is 25.7 Å². The molecule has 0 fully saturated rings. The Kier molecular flexibility index (Phi) is 10.0. The minimum atomic E-state index is -1.13. The van der Waals surface area contributed by atoms with E-state index in [0.29, 0.717) is 0 Å². The van der Waals surface area contributed by atoms with Gasteiger partial charge in [-0.1, -0.05) is 13.2 Å². The molecule has 0 saturated heterocycles. The van der Waals surface area contributed by atoms with Crippen molar-refractivity contribution in [3.8, 4) is 0 Å². The van der Waals surface area contributed by atoms with Gasteiger partial charge in [-0.15, -0.1) is 0 Å². The van der Waals surface area contributed by atoms with Crippen molar-refractivity contribution in [2.24, 2.45) is 10.8 Å². The second kappa shape index (κ2) is 10.6. The molecule has 0 bridgehead atoms. The van der Waals surface area contributed by atoms with E-state index in [1.165, 1.54) is 12.5 Å². The van der Waals surface area contributed by atoms with Crippen LogP contribution < -0.4 is 0 Å². The molecule has 7 nitrogen and oxygen atoms in total. The van der Waals surface area contributed by atoms with Gasteiger partial charge in [-0.3, -0.25) is 0 Å². The summed E-state index contributed by atoms with van der Waals surface area (Å²) in [5, 5.41) is 37.2. The SMILES string of the molecule is C=COCC(CO)(COC=C)COCC(CO)(CO)CO. The molecule has 0 radical (unpaired) electrons. The molecule has 21 heavy (non-hydrogen) atoms. The molecule has 0 aromatic carbocycles. The number of aliphatic hydroxyl groups is 4. The maximum atomic E-state index is 9.57. The maximum absolute atomic E-state index is 9.57. The number of hydrogen-bond donors (Lipinski definition) is 4. The van der Waals surface area contributed by atoms with Crippen LogP contribution in [-0.2, 0) is 14.2 Å². The average Bonchev–Trinajstić information content (AvgIpc) is 2.54. The molecule has 0 unspecified atom stereocenters. The average molecular weight is 306 g/mol. The fourth-order valence-electron chi connectivity index (χ4n) is 1.50. The quantitative estimate of drug-likeness (QED) is 0.313. The van der Waals surface area contributed by atoms with Crippen LogP contribution in [0.5, 0.6) is 0 Å². The van der Waals surface area contributed by atoms with Gasteiger partial charge < -0.3 is 34.6 Å². The summed E-state index contributed by atoms with van der Waals surface area (Å²) in [4.78, 5) is 0. The lowest BCUT2D eigenvalue weighted by Gasteiger charge is -2.33. The standard InChI is InChI=1S/C14H26O7/c1-3-19-10-14(8-18,11-20-4-2)12-21-9-13(5-15,6-16)7-17/h3-4,15-18H,1-2,5-12H2. The molecule has 7 heteroatoms. The van der Waals surface area contributed by atoms with Crippen molar-refractivity contribution in [1.29, 1.82) is 0 Å². The molecule has 0 aliphatic carbocycles. The Morgan fingerprint density at radius 3 is 1.38 bits per heavy atom. The van der Waals surface area contributed by atoms with Crippen LogP contribution in [0.1, 0.15) is 0 Å². The van der Waals surface area contributed by atoms with E-state index in [4.69, 9.17) is 14.2 Å². The molecule has 0 saturated carbocycles. The Hall–Kier alpha value is -1.12. The summed E-state index contributed by atoms with van der Waals surface area (Å²) in [6, 6.07) is 0. The third-order valence-electron chi connectivity index (χ3n) is 3.17. The van der Waals surface area contributed by atoms with Crippen LogP contribution in [0.3, 0.4) is 0 Å². The van der Waals surface area contributed by atoms with Crippen molar-refractivity contribution < 1.29 is 34.6 Å². The van der Waals surface area contributed by atoms with Gasteiger partial charge in [0.15, 0.2) is 0 Å². The van der Waals surface area contributed by atoms with E-state index in [1.807, 2.05) is 0 Å². The highest BCUT2D eigenvalue weighted by Gasteiger charge is 2.34. The minimum Gasteiger partial charge on any atom is -0.501 e. The van der Waals surface area contributed by atoms with E-state index in [9.17, 15) is 20.4 Å².